The Morgan fingerprint density at radius 3 is 2.09 bits per heavy atom. The van der Waals surface area contributed by atoms with Gasteiger partial charge in [-0.3, -0.25) is 4.90 Å². The molecule has 1 aliphatic rings. The lowest BCUT2D eigenvalue weighted by Gasteiger charge is -2.36. The van der Waals surface area contributed by atoms with Gasteiger partial charge in [0.05, 0.1) is 21.3 Å². The van der Waals surface area contributed by atoms with E-state index in [0.717, 1.165) is 0 Å². The van der Waals surface area contributed by atoms with E-state index in [1.807, 2.05) is 0 Å². The van der Waals surface area contributed by atoms with E-state index in [1.165, 1.54) is 38.4 Å². The lowest BCUT2D eigenvalue weighted by molar-refractivity contribution is -0.188. The number of nitrogens with zero attached hydrogens (tertiary/aromatic N) is 1. The molecule has 2 rings (SSSR count). The van der Waals surface area contributed by atoms with Crippen molar-refractivity contribution in [2.75, 3.05) is 47.5 Å². The lowest BCUT2D eigenvalue weighted by Crippen LogP contribution is -2.49. The monoisotopic (exact) mass is 334 g/mol. The van der Waals surface area contributed by atoms with Crippen LogP contribution in [0.5, 0.6) is 17.2 Å². The van der Waals surface area contributed by atoms with E-state index in [9.17, 15) is 13.2 Å². The molecule has 23 heavy (non-hydrogen) atoms. The molecule has 0 unspecified atom stereocenters. The fraction of sp³-hybridized carbons (Fsp3) is 0.600. The molecule has 0 saturated carbocycles. The zero-order valence-electron chi connectivity index (χ0n) is 13.4. The summed E-state index contributed by atoms with van der Waals surface area (Å²) in [5.41, 5.74) is 0.0274. The van der Waals surface area contributed by atoms with Gasteiger partial charge in [-0.05, 0) is 12.1 Å². The van der Waals surface area contributed by atoms with Crippen molar-refractivity contribution in [3.63, 3.8) is 0 Å². The molecule has 0 aliphatic carbocycles. The molecule has 0 bridgehead atoms. The number of piperazine rings is 1. The number of halogens is 3. The molecular formula is C15H21F3N2O3. The Kier molecular flexibility index (Phi) is 5.59. The zero-order chi connectivity index (χ0) is 17.0. The Morgan fingerprint density at radius 1 is 1.00 bits per heavy atom. The third-order valence-corrected chi connectivity index (χ3v) is 3.86. The van der Waals surface area contributed by atoms with Crippen molar-refractivity contribution < 1.29 is 27.4 Å². The summed E-state index contributed by atoms with van der Waals surface area (Å²) >= 11 is 0. The highest BCUT2D eigenvalue weighted by Crippen LogP contribution is 2.48. The fourth-order valence-electron chi connectivity index (χ4n) is 2.86. The minimum atomic E-state index is -4.43. The highest BCUT2D eigenvalue weighted by molar-refractivity contribution is 5.57. The van der Waals surface area contributed by atoms with Gasteiger partial charge in [-0.1, -0.05) is 0 Å². The number of ether oxygens (including phenoxy) is 3. The van der Waals surface area contributed by atoms with Crippen LogP contribution in [0.2, 0.25) is 0 Å². The predicted molar refractivity (Wildman–Crippen MR) is 79.3 cm³/mol. The summed E-state index contributed by atoms with van der Waals surface area (Å²) in [5.74, 6) is 0.541. The smallest absolute Gasteiger partial charge is 0.408 e. The number of nitrogens with one attached hydrogen (secondary N) is 1. The minimum absolute atomic E-state index is 0.0274. The Bertz CT molecular complexity index is 531. The first-order chi connectivity index (χ1) is 10.9. The Balaban J connectivity index is 2.53. The molecule has 1 aromatic rings. The highest BCUT2D eigenvalue weighted by Gasteiger charge is 2.47. The second kappa shape index (κ2) is 7.27. The number of alkyl halides is 3. The molecule has 0 radical (unpaired) electrons. The third-order valence-electron chi connectivity index (χ3n) is 3.86. The largest absolute Gasteiger partial charge is 0.493 e. The summed E-state index contributed by atoms with van der Waals surface area (Å²) in [4.78, 5) is 1.40. The van der Waals surface area contributed by atoms with Gasteiger partial charge in [0.1, 0.15) is 6.04 Å². The first-order valence-electron chi connectivity index (χ1n) is 7.24. The van der Waals surface area contributed by atoms with Gasteiger partial charge in [0.25, 0.3) is 0 Å². The molecule has 1 heterocycles. The van der Waals surface area contributed by atoms with Crippen molar-refractivity contribution in [1.82, 2.24) is 10.2 Å². The fourth-order valence-corrected chi connectivity index (χ4v) is 2.86. The molecule has 8 heteroatoms. The second-order valence-electron chi connectivity index (χ2n) is 5.15. The van der Waals surface area contributed by atoms with Crippen molar-refractivity contribution >= 4 is 0 Å². The average Bonchev–Trinajstić information content (AvgIpc) is 2.54. The van der Waals surface area contributed by atoms with Crippen molar-refractivity contribution in [1.29, 1.82) is 0 Å². The van der Waals surface area contributed by atoms with Gasteiger partial charge in [-0.15, -0.1) is 0 Å². The molecule has 0 amide bonds. The maximum atomic E-state index is 13.7. The lowest BCUT2D eigenvalue weighted by atomic mass is 10.0. The maximum absolute atomic E-state index is 13.7. The topological polar surface area (TPSA) is 43.0 Å². The van der Waals surface area contributed by atoms with Crippen LogP contribution in [0.3, 0.4) is 0 Å². The van der Waals surface area contributed by atoms with E-state index in [0.29, 0.717) is 31.9 Å². The van der Waals surface area contributed by atoms with Crippen LogP contribution in [0.1, 0.15) is 11.6 Å². The van der Waals surface area contributed by atoms with Gasteiger partial charge in [-0.2, -0.15) is 13.2 Å². The number of benzene rings is 1. The Morgan fingerprint density at radius 2 is 1.61 bits per heavy atom. The molecule has 0 spiro atoms. The van der Waals surface area contributed by atoms with Gasteiger partial charge >= 0.3 is 6.18 Å². The first-order valence-corrected chi connectivity index (χ1v) is 7.24. The van der Waals surface area contributed by atoms with E-state index in [4.69, 9.17) is 14.2 Å². The van der Waals surface area contributed by atoms with Crippen molar-refractivity contribution in [3.05, 3.63) is 17.7 Å². The van der Waals surface area contributed by atoms with Gasteiger partial charge in [0, 0.05) is 31.7 Å². The average molecular weight is 334 g/mol. The molecule has 1 fully saturated rings. The molecule has 1 saturated heterocycles. The number of hydrogen-bond donors (Lipinski definition) is 1. The van der Waals surface area contributed by atoms with Gasteiger partial charge in [0.2, 0.25) is 5.75 Å². The van der Waals surface area contributed by atoms with E-state index in [1.54, 1.807) is 0 Å². The Hall–Kier alpha value is -1.67. The van der Waals surface area contributed by atoms with Crippen LogP contribution >= 0.6 is 0 Å². The molecule has 0 aromatic heterocycles. The molecular weight excluding hydrogens is 313 g/mol. The summed E-state index contributed by atoms with van der Waals surface area (Å²) in [6.07, 6.45) is -4.43. The van der Waals surface area contributed by atoms with Crippen molar-refractivity contribution in [2.24, 2.45) is 0 Å². The number of hydrogen-bond acceptors (Lipinski definition) is 5. The van der Waals surface area contributed by atoms with Gasteiger partial charge in [-0.25, -0.2) is 0 Å². The van der Waals surface area contributed by atoms with Crippen LogP contribution in [0.15, 0.2) is 12.1 Å². The van der Waals surface area contributed by atoms with Gasteiger partial charge < -0.3 is 19.5 Å². The van der Waals surface area contributed by atoms with E-state index in [2.05, 4.69) is 5.32 Å². The predicted octanol–water partition coefficient (Wildman–Crippen LogP) is 2.22. The normalized spacial score (nSPS) is 17.7. The molecule has 1 aliphatic heterocycles. The first kappa shape index (κ1) is 17.7. The molecule has 1 aromatic carbocycles. The summed E-state index contributed by atoms with van der Waals surface area (Å²) in [7, 11) is 4.12. The van der Waals surface area contributed by atoms with Crippen LogP contribution in [-0.4, -0.2) is 58.6 Å². The quantitative estimate of drug-likeness (QED) is 0.894. The molecule has 1 atom stereocenters. The maximum Gasteiger partial charge on any atom is 0.408 e. The highest BCUT2D eigenvalue weighted by atomic mass is 19.4. The SMILES string of the molecule is COc1ccc([C@@H](N2CCNCC2)C(F)(F)F)c(OC)c1OC. The summed E-state index contributed by atoms with van der Waals surface area (Å²) in [5, 5.41) is 3.06. The number of rotatable bonds is 5. The summed E-state index contributed by atoms with van der Waals surface area (Å²) in [6.45, 7) is 1.65. The summed E-state index contributed by atoms with van der Waals surface area (Å²) < 4.78 is 56.8. The van der Waals surface area contributed by atoms with E-state index < -0.39 is 12.2 Å². The van der Waals surface area contributed by atoms with Crippen LogP contribution in [0.4, 0.5) is 13.2 Å². The van der Waals surface area contributed by atoms with Crippen LogP contribution in [0.25, 0.3) is 0 Å². The van der Waals surface area contributed by atoms with Crippen LogP contribution in [-0.2, 0) is 0 Å². The number of methoxy groups -OCH3 is 3. The van der Waals surface area contributed by atoms with Gasteiger partial charge in [0.15, 0.2) is 11.5 Å². The standard InChI is InChI=1S/C15H21F3N2O3/c1-21-11-5-4-10(12(22-2)13(11)23-3)14(15(16,17)18)20-8-6-19-7-9-20/h4-5,14,19H,6-9H2,1-3H3/t14-/m1/s1. The minimum Gasteiger partial charge on any atom is -0.493 e. The zero-order valence-corrected chi connectivity index (χ0v) is 13.4. The van der Waals surface area contributed by atoms with E-state index >= 15 is 0 Å². The summed E-state index contributed by atoms with van der Waals surface area (Å²) in [6, 6.07) is 1.11. The molecule has 1 N–H and O–H groups in total. The van der Waals surface area contributed by atoms with Crippen molar-refractivity contribution in [3.8, 4) is 17.2 Å². The third kappa shape index (κ3) is 3.64. The molecule has 5 nitrogen and oxygen atoms in total. The van der Waals surface area contributed by atoms with E-state index in [-0.39, 0.29) is 17.1 Å². The Labute approximate surface area is 133 Å². The van der Waals surface area contributed by atoms with Crippen LogP contribution < -0.4 is 19.5 Å². The van der Waals surface area contributed by atoms with Crippen LogP contribution in [0, 0.1) is 0 Å². The van der Waals surface area contributed by atoms with Crippen molar-refractivity contribution in [2.45, 2.75) is 12.2 Å². The molecule has 130 valence electrons. The second-order valence-corrected chi connectivity index (χ2v) is 5.15.